The maximum absolute atomic E-state index is 6.03. The number of hydrazone groups is 1. The van der Waals surface area contributed by atoms with Crippen molar-refractivity contribution in [1.82, 2.24) is 5.43 Å². The number of benzene rings is 1. The average Bonchev–Trinajstić information content (AvgIpc) is 2.73. The van der Waals surface area contributed by atoms with Crippen LogP contribution in [0.5, 0.6) is 0 Å². The highest BCUT2D eigenvalue weighted by Crippen LogP contribution is 2.23. The molecule has 0 radical (unpaired) electrons. The Morgan fingerprint density at radius 3 is 2.56 bits per heavy atom. The molecule has 0 saturated heterocycles. The molecule has 0 atom stereocenters. The number of hydrogen-bond acceptors (Lipinski definition) is 3. The summed E-state index contributed by atoms with van der Waals surface area (Å²) in [5, 5.41) is 5.29. The van der Waals surface area contributed by atoms with Crippen LogP contribution in [0.1, 0.15) is 17.1 Å². The fourth-order valence-corrected chi connectivity index (χ4v) is 1.99. The van der Waals surface area contributed by atoms with Gasteiger partial charge in [-0.3, -0.25) is 0 Å². The molecule has 0 spiro atoms. The van der Waals surface area contributed by atoms with Crippen molar-refractivity contribution in [3.8, 4) is 0 Å². The van der Waals surface area contributed by atoms with E-state index in [2.05, 4.69) is 10.5 Å². The summed E-state index contributed by atoms with van der Waals surface area (Å²) in [6.45, 7) is 2.35. The lowest BCUT2D eigenvalue weighted by atomic mass is 10.2. The summed E-state index contributed by atoms with van der Waals surface area (Å²) in [5.41, 5.74) is 3.71. The molecule has 0 fully saturated rings. The molecule has 0 amide bonds. The Bertz CT molecular complexity index is 544. The van der Waals surface area contributed by atoms with Gasteiger partial charge in [-0.05, 0) is 31.2 Å². The SMILES string of the molecule is Cc1ccc(/C=N\NCc2c(Cl)cccc2Cl)o1. The first-order valence-corrected chi connectivity index (χ1v) is 6.17. The highest BCUT2D eigenvalue weighted by Gasteiger charge is 2.03. The van der Waals surface area contributed by atoms with Gasteiger partial charge in [0.2, 0.25) is 0 Å². The Hall–Kier alpha value is -1.45. The van der Waals surface area contributed by atoms with Crippen molar-refractivity contribution < 1.29 is 4.42 Å². The van der Waals surface area contributed by atoms with E-state index < -0.39 is 0 Å². The molecule has 2 rings (SSSR count). The molecule has 0 saturated carbocycles. The third kappa shape index (κ3) is 3.28. The number of aryl methyl sites for hydroxylation is 1. The molecule has 1 aromatic heterocycles. The van der Waals surface area contributed by atoms with E-state index in [0.29, 0.717) is 22.4 Å². The molecule has 0 unspecified atom stereocenters. The molecule has 0 bridgehead atoms. The van der Waals surface area contributed by atoms with Crippen molar-refractivity contribution in [1.29, 1.82) is 0 Å². The normalized spacial score (nSPS) is 11.1. The zero-order valence-corrected chi connectivity index (χ0v) is 11.3. The van der Waals surface area contributed by atoms with Gasteiger partial charge in [-0.25, -0.2) is 0 Å². The van der Waals surface area contributed by atoms with Crippen LogP contribution in [0.25, 0.3) is 0 Å². The standard InChI is InChI=1S/C13H12Cl2N2O/c1-9-5-6-10(18-9)7-16-17-8-11-12(14)3-2-4-13(11)15/h2-7,17H,8H2,1H3/b16-7-. The van der Waals surface area contributed by atoms with Crippen molar-refractivity contribution in [2.45, 2.75) is 13.5 Å². The van der Waals surface area contributed by atoms with Crippen molar-refractivity contribution >= 4 is 29.4 Å². The van der Waals surface area contributed by atoms with E-state index in [9.17, 15) is 0 Å². The maximum Gasteiger partial charge on any atom is 0.147 e. The van der Waals surface area contributed by atoms with Gasteiger partial charge in [-0.1, -0.05) is 29.3 Å². The lowest BCUT2D eigenvalue weighted by Gasteiger charge is -2.05. The summed E-state index contributed by atoms with van der Waals surface area (Å²) in [7, 11) is 0. The van der Waals surface area contributed by atoms with Crippen LogP contribution in [0.4, 0.5) is 0 Å². The molecule has 94 valence electrons. The fraction of sp³-hybridized carbons (Fsp3) is 0.154. The minimum atomic E-state index is 0.467. The van der Waals surface area contributed by atoms with Gasteiger partial charge in [-0.15, -0.1) is 0 Å². The second-order valence-corrected chi connectivity index (χ2v) is 4.56. The van der Waals surface area contributed by atoms with E-state index in [1.165, 1.54) is 0 Å². The Morgan fingerprint density at radius 2 is 1.94 bits per heavy atom. The highest BCUT2D eigenvalue weighted by molar-refractivity contribution is 6.35. The Kier molecular flexibility index (Phi) is 4.28. The van der Waals surface area contributed by atoms with Crippen LogP contribution in [0, 0.1) is 6.92 Å². The van der Waals surface area contributed by atoms with Gasteiger partial charge < -0.3 is 9.84 Å². The van der Waals surface area contributed by atoms with Gasteiger partial charge in [0.15, 0.2) is 0 Å². The number of halogens is 2. The molecule has 18 heavy (non-hydrogen) atoms. The molecule has 2 aromatic rings. The zero-order chi connectivity index (χ0) is 13.0. The van der Waals surface area contributed by atoms with E-state index in [0.717, 1.165) is 11.3 Å². The molecule has 1 N–H and O–H groups in total. The first-order valence-electron chi connectivity index (χ1n) is 5.42. The third-order valence-electron chi connectivity index (χ3n) is 2.36. The van der Waals surface area contributed by atoms with E-state index in [1.54, 1.807) is 18.3 Å². The van der Waals surface area contributed by atoms with Crippen molar-refractivity contribution in [2.75, 3.05) is 0 Å². The molecule has 1 heterocycles. The zero-order valence-electron chi connectivity index (χ0n) is 9.78. The minimum absolute atomic E-state index is 0.467. The summed E-state index contributed by atoms with van der Waals surface area (Å²) in [6.07, 6.45) is 1.61. The van der Waals surface area contributed by atoms with Gasteiger partial charge in [0.1, 0.15) is 11.5 Å². The van der Waals surface area contributed by atoms with E-state index >= 15 is 0 Å². The molecule has 3 nitrogen and oxygen atoms in total. The fourth-order valence-electron chi connectivity index (χ4n) is 1.46. The lowest BCUT2D eigenvalue weighted by molar-refractivity contribution is 0.527. The number of furan rings is 1. The van der Waals surface area contributed by atoms with Crippen LogP contribution in [0.15, 0.2) is 39.9 Å². The monoisotopic (exact) mass is 282 g/mol. The van der Waals surface area contributed by atoms with Crippen LogP contribution in [0.2, 0.25) is 10.0 Å². The average molecular weight is 283 g/mol. The van der Waals surface area contributed by atoms with Crippen LogP contribution in [-0.2, 0) is 6.54 Å². The summed E-state index contributed by atoms with van der Waals surface area (Å²) >= 11 is 12.1. The van der Waals surface area contributed by atoms with Crippen molar-refractivity contribution in [2.24, 2.45) is 5.10 Å². The van der Waals surface area contributed by atoms with Crippen molar-refractivity contribution in [3.63, 3.8) is 0 Å². The summed E-state index contributed by atoms with van der Waals surface area (Å²) in [4.78, 5) is 0. The van der Waals surface area contributed by atoms with Crippen LogP contribution >= 0.6 is 23.2 Å². The first kappa shape index (κ1) is 13.0. The molecule has 0 aliphatic rings. The molecule has 0 aliphatic carbocycles. The molecular weight excluding hydrogens is 271 g/mol. The Labute approximate surface area is 115 Å². The van der Waals surface area contributed by atoms with E-state index in [4.69, 9.17) is 27.6 Å². The predicted molar refractivity (Wildman–Crippen MR) is 74.3 cm³/mol. The summed E-state index contributed by atoms with van der Waals surface area (Å²) in [5.74, 6) is 1.55. The van der Waals surface area contributed by atoms with Gasteiger partial charge in [-0.2, -0.15) is 5.10 Å². The van der Waals surface area contributed by atoms with Crippen molar-refractivity contribution in [3.05, 3.63) is 57.5 Å². The van der Waals surface area contributed by atoms with E-state index in [1.807, 2.05) is 25.1 Å². The number of nitrogens with one attached hydrogen (secondary N) is 1. The number of rotatable bonds is 4. The molecule has 1 aromatic carbocycles. The largest absolute Gasteiger partial charge is 0.460 e. The van der Waals surface area contributed by atoms with Crippen LogP contribution < -0.4 is 5.43 Å². The topological polar surface area (TPSA) is 37.5 Å². The van der Waals surface area contributed by atoms with Gasteiger partial charge in [0.25, 0.3) is 0 Å². The second kappa shape index (κ2) is 5.94. The van der Waals surface area contributed by atoms with Gasteiger partial charge in [0.05, 0.1) is 12.8 Å². The molecule has 0 aliphatic heterocycles. The summed E-state index contributed by atoms with van der Waals surface area (Å²) < 4.78 is 5.34. The predicted octanol–water partition coefficient (Wildman–Crippen LogP) is 4.02. The van der Waals surface area contributed by atoms with E-state index in [-0.39, 0.29) is 0 Å². The minimum Gasteiger partial charge on any atom is -0.460 e. The lowest BCUT2D eigenvalue weighted by Crippen LogP contribution is -2.06. The smallest absolute Gasteiger partial charge is 0.147 e. The Balaban J connectivity index is 1.94. The number of hydrogen-bond donors (Lipinski definition) is 1. The highest BCUT2D eigenvalue weighted by atomic mass is 35.5. The second-order valence-electron chi connectivity index (χ2n) is 3.74. The maximum atomic E-state index is 6.03. The molecular formula is C13H12Cl2N2O. The first-order chi connectivity index (χ1) is 8.66. The quantitative estimate of drug-likeness (QED) is 0.679. The van der Waals surface area contributed by atoms with Gasteiger partial charge >= 0.3 is 0 Å². The molecule has 5 heteroatoms. The van der Waals surface area contributed by atoms with Crippen LogP contribution in [0.3, 0.4) is 0 Å². The number of nitrogens with zero attached hydrogens (tertiary/aromatic N) is 1. The summed E-state index contributed by atoms with van der Waals surface area (Å²) in [6, 6.07) is 9.13. The van der Waals surface area contributed by atoms with Gasteiger partial charge in [0, 0.05) is 15.6 Å². The van der Waals surface area contributed by atoms with Crippen LogP contribution in [-0.4, -0.2) is 6.21 Å². The Morgan fingerprint density at radius 1 is 1.22 bits per heavy atom. The third-order valence-corrected chi connectivity index (χ3v) is 3.07.